The molecule has 0 aliphatic carbocycles. The molecule has 1 heterocycles. The first-order valence-electron chi connectivity index (χ1n) is 7.85. The number of hydrogen-bond acceptors (Lipinski definition) is 4. The number of halogens is 1. The monoisotopic (exact) mass is 408 g/mol. The molecule has 0 bridgehead atoms. The minimum Gasteiger partial charge on any atom is -0.507 e. The quantitative estimate of drug-likeness (QED) is 0.377. The molecule has 3 aromatic carbocycles. The Morgan fingerprint density at radius 2 is 1.92 bits per heavy atom. The molecule has 0 radical (unpaired) electrons. The van der Waals surface area contributed by atoms with Crippen molar-refractivity contribution in [3.8, 4) is 5.75 Å². The van der Waals surface area contributed by atoms with E-state index in [0.717, 1.165) is 20.6 Å². The number of rotatable bonds is 3. The van der Waals surface area contributed by atoms with Gasteiger partial charge in [0.1, 0.15) is 11.3 Å². The molecule has 1 amide bonds. The summed E-state index contributed by atoms with van der Waals surface area (Å²) in [5, 5.41) is 16.7. The number of phenolic OH excluding ortho intramolecular Hbond substituents is 1. The molecule has 5 nitrogen and oxygen atoms in total. The molecular formula is C20H13BrN2O3. The highest BCUT2D eigenvalue weighted by Crippen LogP contribution is 2.25. The Kier molecular flexibility index (Phi) is 4.18. The first-order chi connectivity index (χ1) is 12.6. The van der Waals surface area contributed by atoms with Crippen molar-refractivity contribution in [1.29, 1.82) is 0 Å². The lowest BCUT2D eigenvalue weighted by molar-refractivity contribution is 0.0929. The zero-order valence-corrected chi connectivity index (χ0v) is 15.0. The maximum Gasteiger partial charge on any atom is 0.307 e. The summed E-state index contributed by atoms with van der Waals surface area (Å²) >= 11 is 3.38. The second-order valence-electron chi connectivity index (χ2n) is 5.71. The SMILES string of the molecule is O=C(N/N=C/c1c(O)ccc2ccccc12)c1cc2cc(Br)ccc2o1. The number of fused-ring (bicyclic) bond motifs is 2. The number of phenols is 1. The molecule has 128 valence electrons. The van der Waals surface area contributed by atoms with Crippen molar-refractivity contribution in [1.82, 2.24) is 5.43 Å². The maximum atomic E-state index is 12.2. The lowest BCUT2D eigenvalue weighted by Gasteiger charge is -2.04. The van der Waals surface area contributed by atoms with E-state index in [-0.39, 0.29) is 11.5 Å². The summed E-state index contributed by atoms with van der Waals surface area (Å²) in [7, 11) is 0. The van der Waals surface area contributed by atoms with Gasteiger partial charge in [0.25, 0.3) is 0 Å². The predicted octanol–water partition coefficient (Wildman–Crippen LogP) is 4.82. The third kappa shape index (κ3) is 3.07. The van der Waals surface area contributed by atoms with E-state index in [2.05, 4.69) is 26.5 Å². The molecule has 0 saturated carbocycles. The standard InChI is InChI=1S/C20H13BrN2O3/c21-14-6-8-18-13(9-14)10-19(26-18)20(25)23-22-11-16-15-4-2-1-3-12(15)5-7-17(16)24/h1-11,24H,(H,23,25)/b22-11+. The fraction of sp³-hybridized carbons (Fsp3) is 0. The van der Waals surface area contributed by atoms with Crippen LogP contribution in [0.4, 0.5) is 0 Å². The maximum absolute atomic E-state index is 12.2. The Labute approximate surface area is 157 Å². The highest BCUT2D eigenvalue weighted by atomic mass is 79.9. The van der Waals surface area contributed by atoms with E-state index in [1.807, 2.05) is 42.5 Å². The zero-order chi connectivity index (χ0) is 18.1. The average Bonchev–Trinajstić information content (AvgIpc) is 3.06. The second-order valence-corrected chi connectivity index (χ2v) is 6.63. The van der Waals surface area contributed by atoms with Gasteiger partial charge in [-0.2, -0.15) is 5.10 Å². The van der Waals surface area contributed by atoms with Gasteiger partial charge >= 0.3 is 5.91 Å². The summed E-state index contributed by atoms with van der Waals surface area (Å²) in [6, 6.07) is 18.2. The summed E-state index contributed by atoms with van der Waals surface area (Å²) < 4.78 is 6.43. The Morgan fingerprint density at radius 3 is 2.81 bits per heavy atom. The van der Waals surface area contributed by atoms with Crippen molar-refractivity contribution < 1.29 is 14.3 Å². The number of hydrazone groups is 1. The van der Waals surface area contributed by atoms with Crippen molar-refractivity contribution in [2.75, 3.05) is 0 Å². The van der Waals surface area contributed by atoms with Crippen LogP contribution in [0.3, 0.4) is 0 Å². The third-order valence-corrected chi connectivity index (χ3v) is 4.50. The molecule has 0 unspecified atom stereocenters. The van der Waals surface area contributed by atoms with Crippen LogP contribution >= 0.6 is 15.9 Å². The molecule has 0 aliphatic heterocycles. The van der Waals surface area contributed by atoms with E-state index in [1.165, 1.54) is 6.21 Å². The predicted molar refractivity (Wildman–Crippen MR) is 105 cm³/mol. The van der Waals surface area contributed by atoms with Gasteiger partial charge in [0, 0.05) is 15.4 Å². The summed E-state index contributed by atoms with van der Waals surface area (Å²) in [5.41, 5.74) is 3.59. The first kappa shape index (κ1) is 16.4. The van der Waals surface area contributed by atoms with Gasteiger partial charge < -0.3 is 9.52 Å². The van der Waals surface area contributed by atoms with Crippen LogP contribution in [0.25, 0.3) is 21.7 Å². The number of benzene rings is 3. The normalized spacial score (nSPS) is 11.4. The molecule has 6 heteroatoms. The van der Waals surface area contributed by atoms with E-state index in [9.17, 15) is 9.90 Å². The summed E-state index contributed by atoms with van der Waals surface area (Å²) in [6.07, 6.45) is 1.43. The van der Waals surface area contributed by atoms with Gasteiger partial charge in [-0.3, -0.25) is 4.79 Å². The van der Waals surface area contributed by atoms with Crippen molar-refractivity contribution in [2.45, 2.75) is 0 Å². The lowest BCUT2D eigenvalue weighted by Crippen LogP contribution is -2.16. The molecule has 4 rings (SSSR count). The average molecular weight is 409 g/mol. The highest BCUT2D eigenvalue weighted by Gasteiger charge is 2.12. The van der Waals surface area contributed by atoms with E-state index in [1.54, 1.807) is 18.2 Å². The number of nitrogens with one attached hydrogen (secondary N) is 1. The van der Waals surface area contributed by atoms with Crippen LogP contribution in [-0.2, 0) is 0 Å². The second kappa shape index (κ2) is 6.65. The highest BCUT2D eigenvalue weighted by molar-refractivity contribution is 9.10. The molecule has 0 aliphatic rings. The van der Waals surface area contributed by atoms with E-state index < -0.39 is 5.91 Å². The minimum atomic E-state index is -0.465. The molecule has 1 aromatic heterocycles. The number of nitrogens with zero attached hydrogens (tertiary/aromatic N) is 1. The number of carbonyl (C=O) groups excluding carboxylic acids is 1. The molecule has 26 heavy (non-hydrogen) atoms. The first-order valence-corrected chi connectivity index (χ1v) is 8.64. The Morgan fingerprint density at radius 1 is 1.08 bits per heavy atom. The fourth-order valence-corrected chi connectivity index (χ4v) is 3.14. The van der Waals surface area contributed by atoms with E-state index in [0.29, 0.717) is 11.1 Å². The number of aromatic hydroxyl groups is 1. The van der Waals surface area contributed by atoms with Crippen LogP contribution < -0.4 is 5.43 Å². The van der Waals surface area contributed by atoms with Gasteiger partial charge in [0.2, 0.25) is 0 Å². The molecule has 0 fully saturated rings. The van der Waals surface area contributed by atoms with Gasteiger partial charge in [0.15, 0.2) is 5.76 Å². The minimum absolute atomic E-state index is 0.0929. The van der Waals surface area contributed by atoms with Crippen molar-refractivity contribution in [3.05, 3.63) is 76.5 Å². The van der Waals surface area contributed by atoms with Crippen molar-refractivity contribution in [3.63, 3.8) is 0 Å². The summed E-state index contributed by atoms with van der Waals surface area (Å²) in [5.74, 6) is -0.207. The number of carbonyl (C=O) groups is 1. The summed E-state index contributed by atoms with van der Waals surface area (Å²) in [4.78, 5) is 12.2. The number of amides is 1. The van der Waals surface area contributed by atoms with Gasteiger partial charge in [-0.15, -0.1) is 0 Å². The number of furan rings is 1. The molecule has 0 atom stereocenters. The lowest BCUT2D eigenvalue weighted by atomic mass is 10.0. The molecular weight excluding hydrogens is 396 g/mol. The molecule has 2 N–H and O–H groups in total. The fourth-order valence-electron chi connectivity index (χ4n) is 2.76. The summed E-state index contributed by atoms with van der Waals surface area (Å²) in [6.45, 7) is 0. The number of hydrogen-bond donors (Lipinski definition) is 2. The van der Waals surface area contributed by atoms with E-state index >= 15 is 0 Å². The molecule has 4 aromatic rings. The van der Waals surface area contributed by atoms with Crippen molar-refractivity contribution in [2.24, 2.45) is 5.10 Å². The topological polar surface area (TPSA) is 74.8 Å². The van der Waals surface area contributed by atoms with Crippen LogP contribution in [0.2, 0.25) is 0 Å². The Bertz CT molecular complexity index is 1160. The molecule has 0 spiro atoms. The smallest absolute Gasteiger partial charge is 0.307 e. The van der Waals surface area contributed by atoms with Gasteiger partial charge in [0.05, 0.1) is 6.21 Å². The third-order valence-electron chi connectivity index (χ3n) is 4.01. The van der Waals surface area contributed by atoms with E-state index in [4.69, 9.17) is 4.42 Å². The van der Waals surface area contributed by atoms with Crippen LogP contribution in [0.15, 0.2) is 74.7 Å². The Balaban J connectivity index is 1.58. The largest absolute Gasteiger partial charge is 0.507 e. The Hall–Kier alpha value is -3.12. The van der Waals surface area contributed by atoms with Gasteiger partial charge in [-0.05, 0) is 41.1 Å². The van der Waals surface area contributed by atoms with Gasteiger partial charge in [-0.1, -0.05) is 46.3 Å². The van der Waals surface area contributed by atoms with Crippen LogP contribution in [0.1, 0.15) is 16.1 Å². The molecule has 0 saturated heterocycles. The van der Waals surface area contributed by atoms with Crippen molar-refractivity contribution >= 4 is 49.8 Å². The van der Waals surface area contributed by atoms with Crippen LogP contribution in [-0.4, -0.2) is 17.2 Å². The van der Waals surface area contributed by atoms with Gasteiger partial charge in [-0.25, -0.2) is 5.43 Å². The zero-order valence-electron chi connectivity index (χ0n) is 13.4. The van der Waals surface area contributed by atoms with Crippen LogP contribution in [0.5, 0.6) is 5.75 Å². The van der Waals surface area contributed by atoms with Crippen LogP contribution in [0, 0.1) is 0 Å².